The Bertz CT molecular complexity index is 875. The lowest BCUT2D eigenvalue weighted by molar-refractivity contribution is 0.0517. The summed E-state index contributed by atoms with van der Waals surface area (Å²) in [5.74, 6) is 0.728. The number of hydrogen-bond donors (Lipinski definition) is 1. The fraction of sp³-hybridized carbons (Fsp3) is 0.455. The second kappa shape index (κ2) is 9.07. The fourth-order valence-electron chi connectivity index (χ4n) is 3.60. The lowest BCUT2D eigenvalue weighted by Gasteiger charge is -2.37. The number of aryl methyl sites for hydroxylation is 1. The maximum atomic E-state index is 12.9. The molecule has 1 saturated heterocycles. The summed E-state index contributed by atoms with van der Waals surface area (Å²) in [5, 5.41) is 0. The number of rotatable bonds is 8. The van der Waals surface area contributed by atoms with Crippen LogP contribution in [0.1, 0.15) is 37.3 Å². The van der Waals surface area contributed by atoms with Gasteiger partial charge < -0.3 is 9.47 Å². The van der Waals surface area contributed by atoms with Crippen molar-refractivity contribution in [3.05, 3.63) is 59.7 Å². The van der Waals surface area contributed by atoms with Crippen LogP contribution >= 0.6 is 0 Å². The normalized spacial score (nSPS) is 16.6. The Morgan fingerprint density at radius 1 is 1.11 bits per heavy atom. The van der Waals surface area contributed by atoms with E-state index in [1.54, 1.807) is 18.2 Å². The van der Waals surface area contributed by atoms with E-state index in [2.05, 4.69) is 16.9 Å². The molecule has 0 unspecified atom stereocenters. The molecule has 0 saturated carbocycles. The predicted molar refractivity (Wildman–Crippen MR) is 110 cm³/mol. The number of nitrogens with one attached hydrogen (secondary N) is 1. The summed E-state index contributed by atoms with van der Waals surface area (Å²) < 4.78 is 39.9. The molecule has 0 bridgehead atoms. The van der Waals surface area contributed by atoms with E-state index < -0.39 is 10.0 Å². The van der Waals surface area contributed by atoms with E-state index in [0.29, 0.717) is 26.4 Å². The van der Waals surface area contributed by atoms with Crippen molar-refractivity contribution in [2.45, 2.75) is 43.4 Å². The average Bonchev–Trinajstić information content (AvgIpc) is 2.73. The first kappa shape index (κ1) is 20.8. The molecule has 5 nitrogen and oxygen atoms in total. The van der Waals surface area contributed by atoms with Crippen molar-refractivity contribution in [3.63, 3.8) is 0 Å². The molecule has 1 aliphatic heterocycles. The summed E-state index contributed by atoms with van der Waals surface area (Å²) >= 11 is 0. The molecule has 2 aromatic carbocycles. The topological polar surface area (TPSA) is 64.6 Å². The zero-order valence-electron chi connectivity index (χ0n) is 16.6. The number of hydrogen-bond acceptors (Lipinski definition) is 4. The zero-order chi connectivity index (χ0) is 20.0. The van der Waals surface area contributed by atoms with E-state index >= 15 is 0 Å². The molecule has 3 rings (SSSR count). The van der Waals surface area contributed by atoms with Gasteiger partial charge in [-0.3, -0.25) is 0 Å². The van der Waals surface area contributed by atoms with Crippen LogP contribution in [-0.2, 0) is 20.2 Å². The van der Waals surface area contributed by atoms with Gasteiger partial charge in [-0.15, -0.1) is 0 Å². The molecule has 0 spiro atoms. The van der Waals surface area contributed by atoms with E-state index in [1.807, 2.05) is 32.0 Å². The maximum absolute atomic E-state index is 12.9. The van der Waals surface area contributed by atoms with Crippen molar-refractivity contribution in [2.24, 2.45) is 0 Å². The summed E-state index contributed by atoms with van der Waals surface area (Å²) in [4.78, 5) is 0.268. The van der Waals surface area contributed by atoms with Crippen molar-refractivity contribution in [2.75, 3.05) is 26.4 Å². The molecule has 0 radical (unpaired) electrons. The lowest BCUT2D eigenvalue weighted by Crippen LogP contribution is -2.44. The summed E-state index contributed by atoms with van der Waals surface area (Å²) in [7, 11) is -3.61. The second-order valence-electron chi connectivity index (χ2n) is 7.36. The highest BCUT2D eigenvalue weighted by molar-refractivity contribution is 7.89. The van der Waals surface area contributed by atoms with E-state index in [9.17, 15) is 8.42 Å². The van der Waals surface area contributed by atoms with Crippen LogP contribution in [0.4, 0.5) is 0 Å². The lowest BCUT2D eigenvalue weighted by atomic mass is 9.74. The summed E-state index contributed by atoms with van der Waals surface area (Å²) in [5.41, 5.74) is 1.73. The summed E-state index contributed by atoms with van der Waals surface area (Å²) in [6.07, 6.45) is 2.50. The minimum absolute atomic E-state index is 0.244. The molecule has 0 aromatic heterocycles. The van der Waals surface area contributed by atoms with Crippen molar-refractivity contribution in [1.82, 2.24) is 4.72 Å². The average molecular weight is 404 g/mol. The molecular weight excluding hydrogens is 374 g/mol. The smallest absolute Gasteiger partial charge is 0.240 e. The third-order valence-electron chi connectivity index (χ3n) is 5.36. The standard InChI is InChI=1S/C22H29NO4S/c1-3-13-27-21-10-9-20(16-18(21)2)28(24,25)23-17-22(11-14-26-15-12-22)19-7-5-4-6-8-19/h4-10,16,23H,3,11-15,17H2,1-2H3. The van der Waals surface area contributed by atoms with Gasteiger partial charge in [0.05, 0.1) is 11.5 Å². The van der Waals surface area contributed by atoms with Crippen molar-refractivity contribution in [1.29, 1.82) is 0 Å². The van der Waals surface area contributed by atoms with Gasteiger partial charge in [0, 0.05) is 25.2 Å². The Morgan fingerprint density at radius 3 is 2.46 bits per heavy atom. The number of sulfonamides is 1. The molecule has 152 valence electrons. The number of benzene rings is 2. The van der Waals surface area contributed by atoms with Crippen LogP contribution in [0, 0.1) is 6.92 Å². The summed E-state index contributed by atoms with van der Waals surface area (Å²) in [6, 6.07) is 15.1. The molecule has 1 aliphatic rings. The monoisotopic (exact) mass is 403 g/mol. The fourth-order valence-corrected chi connectivity index (χ4v) is 4.81. The molecule has 1 heterocycles. The molecule has 0 atom stereocenters. The van der Waals surface area contributed by atoms with Crippen LogP contribution in [0.2, 0.25) is 0 Å². The predicted octanol–water partition coefficient (Wildman–Crippen LogP) is 3.81. The summed E-state index contributed by atoms with van der Waals surface area (Å²) in [6.45, 7) is 6.16. The molecule has 2 aromatic rings. The first-order chi connectivity index (χ1) is 13.5. The van der Waals surface area contributed by atoms with Gasteiger partial charge in [0.1, 0.15) is 5.75 Å². The quantitative estimate of drug-likeness (QED) is 0.728. The van der Waals surface area contributed by atoms with Gasteiger partial charge in [0.15, 0.2) is 0 Å². The molecule has 6 heteroatoms. The third kappa shape index (κ3) is 4.74. The molecule has 0 aliphatic carbocycles. The van der Waals surface area contributed by atoms with E-state index in [-0.39, 0.29) is 10.3 Å². The first-order valence-electron chi connectivity index (χ1n) is 9.83. The van der Waals surface area contributed by atoms with Crippen LogP contribution in [0.25, 0.3) is 0 Å². The van der Waals surface area contributed by atoms with Crippen molar-refractivity contribution < 1.29 is 17.9 Å². The highest BCUT2D eigenvalue weighted by Gasteiger charge is 2.35. The van der Waals surface area contributed by atoms with Crippen LogP contribution in [0.3, 0.4) is 0 Å². The minimum Gasteiger partial charge on any atom is -0.493 e. The molecule has 1 N–H and O–H groups in total. The van der Waals surface area contributed by atoms with E-state index in [0.717, 1.165) is 36.1 Å². The molecule has 1 fully saturated rings. The van der Waals surface area contributed by atoms with Gasteiger partial charge in [-0.25, -0.2) is 13.1 Å². The Morgan fingerprint density at radius 2 is 1.82 bits per heavy atom. The van der Waals surface area contributed by atoms with Crippen LogP contribution in [0.5, 0.6) is 5.75 Å². The van der Waals surface area contributed by atoms with Crippen molar-refractivity contribution in [3.8, 4) is 5.75 Å². The van der Waals surface area contributed by atoms with Gasteiger partial charge in [0.25, 0.3) is 0 Å². The van der Waals surface area contributed by atoms with Gasteiger partial charge in [-0.2, -0.15) is 0 Å². The van der Waals surface area contributed by atoms with Gasteiger partial charge >= 0.3 is 0 Å². The van der Waals surface area contributed by atoms with Crippen molar-refractivity contribution >= 4 is 10.0 Å². The van der Waals surface area contributed by atoms with Gasteiger partial charge in [-0.05, 0) is 55.5 Å². The Balaban J connectivity index is 1.78. The maximum Gasteiger partial charge on any atom is 0.240 e. The molecule has 28 heavy (non-hydrogen) atoms. The van der Waals surface area contributed by atoms with Crippen LogP contribution in [-0.4, -0.2) is 34.8 Å². The Kier molecular flexibility index (Phi) is 6.75. The third-order valence-corrected chi connectivity index (χ3v) is 6.75. The van der Waals surface area contributed by atoms with E-state index in [1.165, 1.54) is 0 Å². The highest BCUT2D eigenvalue weighted by Crippen LogP contribution is 2.34. The SMILES string of the molecule is CCCOc1ccc(S(=O)(=O)NCC2(c3ccccc3)CCOCC2)cc1C. The van der Waals surface area contributed by atoms with Gasteiger partial charge in [-0.1, -0.05) is 37.3 Å². The zero-order valence-corrected chi connectivity index (χ0v) is 17.4. The largest absolute Gasteiger partial charge is 0.493 e. The van der Waals surface area contributed by atoms with Crippen LogP contribution in [0.15, 0.2) is 53.4 Å². The molecule has 0 amide bonds. The Labute approximate surface area is 168 Å². The van der Waals surface area contributed by atoms with E-state index in [4.69, 9.17) is 9.47 Å². The van der Waals surface area contributed by atoms with Gasteiger partial charge in [0.2, 0.25) is 10.0 Å². The molecular formula is C22H29NO4S. The number of ether oxygens (including phenoxy) is 2. The van der Waals surface area contributed by atoms with Crippen LogP contribution < -0.4 is 9.46 Å². The second-order valence-corrected chi connectivity index (χ2v) is 9.13. The minimum atomic E-state index is -3.61. The first-order valence-corrected chi connectivity index (χ1v) is 11.3. The highest BCUT2D eigenvalue weighted by atomic mass is 32.2. The Hall–Kier alpha value is -1.89.